The molecule has 2 aromatic carbocycles. The fraction of sp³-hybridized carbons (Fsp3) is 0.391. The first-order valence-electron chi connectivity index (χ1n) is 10.3. The van der Waals surface area contributed by atoms with Gasteiger partial charge in [0.15, 0.2) is 0 Å². The van der Waals surface area contributed by atoms with Crippen LogP contribution >= 0.6 is 11.6 Å². The standard InChI is InChI=1S/C23H27ClN4O2/c1-16-7-8-19(13-17(16)2)28-15-18(14-22(28)29)25-23(30)27-11-9-26(10-12-27)21-6-4-3-5-20(21)24/h3-8,13,18H,9-12,14-15H2,1-2H3,(H,25,30)/t18-/m1/s1. The molecule has 1 N–H and O–H groups in total. The predicted molar refractivity (Wildman–Crippen MR) is 120 cm³/mol. The number of benzene rings is 2. The second-order valence-corrected chi connectivity index (χ2v) is 8.46. The molecule has 6 nitrogen and oxygen atoms in total. The van der Waals surface area contributed by atoms with Crippen LogP contribution in [0.15, 0.2) is 42.5 Å². The van der Waals surface area contributed by atoms with Crippen molar-refractivity contribution in [3.63, 3.8) is 0 Å². The maximum absolute atomic E-state index is 12.8. The highest BCUT2D eigenvalue weighted by Crippen LogP contribution is 2.27. The highest BCUT2D eigenvalue weighted by atomic mass is 35.5. The zero-order valence-corrected chi connectivity index (χ0v) is 18.2. The average molecular weight is 427 g/mol. The summed E-state index contributed by atoms with van der Waals surface area (Å²) in [6.07, 6.45) is 0.332. The van der Waals surface area contributed by atoms with Crippen LogP contribution in [0.25, 0.3) is 0 Å². The molecule has 2 saturated heterocycles. The summed E-state index contributed by atoms with van der Waals surface area (Å²) in [6.45, 7) is 7.31. The van der Waals surface area contributed by atoms with Crippen molar-refractivity contribution in [1.82, 2.24) is 10.2 Å². The number of nitrogens with zero attached hydrogens (tertiary/aromatic N) is 3. The molecule has 7 heteroatoms. The van der Waals surface area contributed by atoms with Crippen molar-refractivity contribution in [2.45, 2.75) is 26.3 Å². The van der Waals surface area contributed by atoms with E-state index in [1.165, 1.54) is 5.56 Å². The molecule has 0 radical (unpaired) electrons. The summed E-state index contributed by atoms with van der Waals surface area (Å²) >= 11 is 6.29. The second-order valence-electron chi connectivity index (χ2n) is 8.05. The third-order valence-electron chi connectivity index (χ3n) is 6.01. The molecule has 1 atom stereocenters. The number of piperazine rings is 1. The maximum Gasteiger partial charge on any atom is 0.317 e. The van der Waals surface area contributed by atoms with Gasteiger partial charge >= 0.3 is 6.03 Å². The van der Waals surface area contributed by atoms with Gasteiger partial charge < -0.3 is 20.0 Å². The molecule has 0 unspecified atom stereocenters. The van der Waals surface area contributed by atoms with E-state index in [2.05, 4.69) is 17.1 Å². The van der Waals surface area contributed by atoms with E-state index in [4.69, 9.17) is 11.6 Å². The molecule has 0 bridgehead atoms. The van der Waals surface area contributed by atoms with Crippen molar-refractivity contribution < 1.29 is 9.59 Å². The van der Waals surface area contributed by atoms with Crippen molar-refractivity contribution in [3.8, 4) is 0 Å². The summed E-state index contributed by atoms with van der Waals surface area (Å²) < 4.78 is 0. The van der Waals surface area contributed by atoms with E-state index in [-0.39, 0.29) is 18.0 Å². The molecule has 158 valence electrons. The quantitative estimate of drug-likeness (QED) is 0.815. The molecule has 2 heterocycles. The van der Waals surface area contributed by atoms with E-state index in [1.807, 2.05) is 54.3 Å². The van der Waals surface area contributed by atoms with E-state index in [1.54, 1.807) is 4.90 Å². The smallest absolute Gasteiger partial charge is 0.317 e. The largest absolute Gasteiger partial charge is 0.367 e. The van der Waals surface area contributed by atoms with Crippen LogP contribution < -0.4 is 15.1 Å². The molecule has 2 aromatic rings. The third kappa shape index (κ3) is 4.24. The van der Waals surface area contributed by atoms with Crippen LogP contribution in [0.1, 0.15) is 17.5 Å². The molecule has 0 aromatic heterocycles. The predicted octanol–water partition coefficient (Wildman–Crippen LogP) is 3.59. The first-order chi connectivity index (χ1) is 14.4. The van der Waals surface area contributed by atoms with Gasteiger partial charge in [0.1, 0.15) is 0 Å². The minimum Gasteiger partial charge on any atom is -0.367 e. The SMILES string of the molecule is Cc1ccc(N2C[C@H](NC(=O)N3CCN(c4ccccc4Cl)CC3)CC2=O)cc1C. The number of carbonyl (C=O) groups excluding carboxylic acids is 2. The molecule has 2 fully saturated rings. The van der Waals surface area contributed by atoms with E-state index in [9.17, 15) is 9.59 Å². The number of rotatable bonds is 3. The maximum atomic E-state index is 12.8. The van der Waals surface area contributed by atoms with Gasteiger partial charge in [-0.3, -0.25) is 4.79 Å². The molecular weight excluding hydrogens is 400 g/mol. The van der Waals surface area contributed by atoms with Gasteiger partial charge in [0.2, 0.25) is 5.91 Å². The number of urea groups is 1. The lowest BCUT2D eigenvalue weighted by Crippen LogP contribution is -2.54. The number of halogens is 1. The Morgan fingerprint density at radius 1 is 1.03 bits per heavy atom. The van der Waals surface area contributed by atoms with Gasteiger partial charge in [-0.1, -0.05) is 29.8 Å². The van der Waals surface area contributed by atoms with E-state index in [0.29, 0.717) is 26.1 Å². The Morgan fingerprint density at radius 2 is 1.77 bits per heavy atom. The Kier molecular flexibility index (Phi) is 5.86. The van der Waals surface area contributed by atoms with Crippen molar-refractivity contribution in [3.05, 3.63) is 58.6 Å². The number of hydrogen-bond acceptors (Lipinski definition) is 3. The van der Waals surface area contributed by atoms with Gasteiger partial charge in [-0.25, -0.2) is 4.79 Å². The Hall–Kier alpha value is -2.73. The zero-order valence-electron chi connectivity index (χ0n) is 17.4. The molecule has 0 spiro atoms. The number of hydrogen-bond donors (Lipinski definition) is 1. The van der Waals surface area contributed by atoms with Crippen LogP contribution in [0.2, 0.25) is 5.02 Å². The summed E-state index contributed by atoms with van der Waals surface area (Å²) in [4.78, 5) is 31.1. The first kappa shape index (κ1) is 20.5. The molecule has 4 rings (SSSR count). The normalized spacial score (nSPS) is 19.4. The summed E-state index contributed by atoms with van der Waals surface area (Å²) in [5, 5.41) is 3.78. The average Bonchev–Trinajstić information content (AvgIpc) is 3.10. The molecule has 0 aliphatic carbocycles. The number of aryl methyl sites for hydroxylation is 2. The van der Waals surface area contributed by atoms with Crippen LogP contribution in [-0.4, -0.2) is 55.6 Å². The molecular formula is C23H27ClN4O2. The van der Waals surface area contributed by atoms with Crippen molar-refractivity contribution in [2.24, 2.45) is 0 Å². The van der Waals surface area contributed by atoms with Gasteiger partial charge in [-0.2, -0.15) is 0 Å². The lowest BCUT2D eigenvalue weighted by molar-refractivity contribution is -0.117. The van der Waals surface area contributed by atoms with Gasteiger partial charge in [0.05, 0.1) is 16.8 Å². The van der Waals surface area contributed by atoms with Crippen LogP contribution in [0.3, 0.4) is 0 Å². The molecule has 3 amide bonds. The number of amides is 3. The van der Waals surface area contributed by atoms with Crippen LogP contribution in [0.5, 0.6) is 0 Å². The second kappa shape index (κ2) is 8.56. The Morgan fingerprint density at radius 3 is 2.47 bits per heavy atom. The summed E-state index contributed by atoms with van der Waals surface area (Å²) in [5.74, 6) is 0.0482. The fourth-order valence-electron chi connectivity index (χ4n) is 4.07. The van der Waals surface area contributed by atoms with Crippen molar-refractivity contribution in [2.75, 3.05) is 42.5 Å². The summed E-state index contributed by atoms with van der Waals surface area (Å²) in [6, 6.07) is 13.5. The lowest BCUT2D eigenvalue weighted by atomic mass is 10.1. The van der Waals surface area contributed by atoms with Crippen LogP contribution in [-0.2, 0) is 4.79 Å². The number of nitrogens with one attached hydrogen (secondary N) is 1. The highest BCUT2D eigenvalue weighted by molar-refractivity contribution is 6.33. The first-order valence-corrected chi connectivity index (χ1v) is 10.7. The van der Waals surface area contributed by atoms with E-state index >= 15 is 0 Å². The van der Waals surface area contributed by atoms with Crippen molar-refractivity contribution in [1.29, 1.82) is 0 Å². The minimum atomic E-state index is -0.173. The monoisotopic (exact) mass is 426 g/mol. The zero-order chi connectivity index (χ0) is 21.3. The number of carbonyl (C=O) groups is 2. The van der Waals surface area contributed by atoms with Gasteiger partial charge in [0, 0.05) is 44.8 Å². The van der Waals surface area contributed by atoms with Gasteiger partial charge in [-0.15, -0.1) is 0 Å². The molecule has 30 heavy (non-hydrogen) atoms. The lowest BCUT2D eigenvalue weighted by Gasteiger charge is -2.36. The highest BCUT2D eigenvalue weighted by Gasteiger charge is 2.33. The molecule has 0 saturated carbocycles. The van der Waals surface area contributed by atoms with Gasteiger partial charge in [-0.05, 0) is 49.2 Å². The van der Waals surface area contributed by atoms with E-state index < -0.39 is 0 Å². The summed E-state index contributed by atoms with van der Waals surface area (Å²) in [5.41, 5.74) is 4.26. The van der Waals surface area contributed by atoms with Crippen LogP contribution in [0, 0.1) is 13.8 Å². The van der Waals surface area contributed by atoms with Crippen molar-refractivity contribution >= 4 is 34.9 Å². The topological polar surface area (TPSA) is 55.9 Å². The summed E-state index contributed by atoms with van der Waals surface area (Å²) in [7, 11) is 0. The number of para-hydroxylation sites is 1. The Labute approximate surface area is 182 Å². The third-order valence-corrected chi connectivity index (χ3v) is 6.33. The molecule has 2 aliphatic rings. The van der Waals surface area contributed by atoms with Crippen LogP contribution in [0.4, 0.5) is 16.2 Å². The minimum absolute atomic E-state index is 0.0482. The Bertz CT molecular complexity index is 956. The molecule has 2 aliphatic heterocycles. The number of anilines is 2. The van der Waals surface area contributed by atoms with Gasteiger partial charge in [0.25, 0.3) is 0 Å². The van der Waals surface area contributed by atoms with E-state index in [0.717, 1.165) is 35.1 Å². The Balaban J connectivity index is 1.32. The fourth-order valence-corrected chi connectivity index (χ4v) is 4.33.